The Morgan fingerprint density at radius 3 is 2.48 bits per heavy atom. The van der Waals surface area contributed by atoms with E-state index in [2.05, 4.69) is 9.88 Å². The van der Waals surface area contributed by atoms with Crippen LogP contribution in [-0.2, 0) is 17.8 Å². The van der Waals surface area contributed by atoms with Crippen LogP contribution in [0.3, 0.4) is 0 Å². The largest absolute Gasteiger partial charge is 0.326 e. The molecule has 0 saturated carbocycles. The van der Waals surface area contributed by atoms with Crippen LogP contribution in [0.4, 0.5) is 11.4 Å². The number of carbonyl (C=O) groups excluding carboxylic acids is 2. The number of hydrogen-bond donors (Lipinski definition) is 1. The first-order chi connectivity index (χ1) is 15.1. The molecule has 5 rings (SSSR count). The first-order valence-electron chi connectivity index (χ1n) is 10.1. The minimum absolute atomic E-state index is 0.0633. The summed E-state index contributed by atoms with van der Waals surface area (Å²) in [7, 11) is 0. The van der Waals surface area contributed by atoms with Gasteiger partial charge in [0.2, 0.25) is 5.91 Å². The van der Waals surface area contributed by atoms with Gasteiger partial charge in [-0.1, -0.05) is 12.1 Å². The van der Waals surface area contributed by atoms with E-state index in [1.165, 1.54) is 0 Å². The van der Waals surface area contributed by atoms with Gasteiger partial charge in [-0.2, -0.15) is 0 Å². The van der Waals surface area contributed by atoms with Gasteiger partial charge in [0.15, 0.2) is 0 Å². The number of benzene rings is 2. The third-order valence-electron chi connectivity index (χ3n) is 5.56. The predicted octanol–water partition coefficient (Wildman–Crippen LogP) is 5.19. The van der Waals surface area contributed by atoms with Gasteiger partial charge in [-0.25, -0.2) is 0 Å². The van der Waals surface area contributed by atoms with Gasteiger partial charge in [-0.05, 0) is 72.5 Å². The zero-order chi connectivity index (χ0) is 21.4. The molecule has 0 aliphatic carbocycles. The van der Waals surface area contributed by atoms with E-state index in [4.69, 9.17) is 0 Å². The van der Waals surface area contributed by atoms with Crippen molar-refractivity contribution in [1.82, 2.24) is 4.57 Å². The molecule has 0 atom stereocenters. The second kappa shape index (κ2) is 7.89. The number of fused-ring (bicyclic) bond motifs is 3. The average molecular weight is 428 g/mol. The molecule has 2 aromatic carbocycles. The van der Waals surface area contributed by atoms with E-state index in [0.29, 0.717) is 24.2 Å². The lowest BCUT2D eigenvalue weighted by atomic mass is 10.1. The quantitative estimate of drug-likeness (QED) is 0.487. The van der Waals surface area contributed by atoms with Crippen molar-refractivity contribution >= 4 is 34.5 Å². The zero-order valence-electron chi connectivity index (χ0n) is 17.0. The second-order valence-corrected chi connectivity index (χ2v) is 8.67. The summed E-state index contributed by atoms with van der Waals surface area (Å²) >= 11 is 1.64. The van der Waals surface area contributed by atoms with Crippen LogP contribution in [0.25, 0.3) is 5.69 Å². The van der Waals surface area contributed by atoms with Gasteiger partial charge < -0.3 is 14.8 Å². The number of carbonyl (C=O) groups is 2. The van der Waals surface area contributed by atoms with Crippen LogP contribution in [0.5, 0.6) is 0 Å². The lowest BCUT2D eigenvalue weighted by Crippen LogP contribution is -2.34. The fraction of sp³-hybridized carbons (Fsp3) is 0.120. The molecule has 154 valence electrons. The van der Waals surface area contributed by atoms with Crippen LogP contribution in [0, 0.1) is 6.92 Å². The molecule has 6 heteroatoms. The first-order valence-corrected chi connectivity index (χ1v) is 11.0. The Kier molecular flexibility index (Phi) is 4.92. The molecule has 5 nitrogen and oxygen atoms in total. The number of rotatable bonds is 4. The number of aryl methyl sites for hydroxylation is 1. The highest BCUT2D eigenvalue weighted by Crippen LogP contribution is 2.33. The minimum atomic E-state index is -0.0636. The Morgan fingerprint density at radius 1 is 0.968 bits per heavy atom. The zero-order valence-corrected chi connectivity index (χ0v) is 17.9. The maximum absolute atomic E-state index is 13.3. The van der Waals surface area contributed by atoms with Gasteiger partial charge in [0, 0.05) is 28.0 Å². The van der Waals surface area contributed by atoms with Crippen molar-refractivity contribution in [2.75, 3.05) is 10.2 Å². The van der Waals surface area contributed by atoms with E-state index >= 15 is 0 Å². The highest BCUT2D eigenvalue weighted by atomic mass is 32.1. The number of amides is 2. The SMILES string of the molecule is Cc1sccc1CC(=O)Nc1ccc(C(=O)N2Cc3cccn3-c3ccccc32)cc1. The van der Waals surface area contributed by atoms with Crippen molar-refractivity contribution in [3.63, 3.8) is 0 Å². The van der Waals surface area contributed by atoms with Crippen molar-refractivity contribution in [1.29, 1.82) is 0 Å². The molecule has 1 aliphatic rings. The smallest absolute Gasteiger partial charge is 0.258 e. The molecule has 0 unspecified atom stereocenters. The van der Waals surface area contributed by atoms with E-state index in [0.717, 1.165) is 27.5 Å². The molecule has 1 aliphatic heterocycles. The third-order valence-corrected chi connectivity index (χ3v) is 6.45. The fourth-order valence-corrected chi connectivity index (χ4v) is 4.66. The second-order valence-electron chi connectivity index (χ2n) is 7.55. The predicted molar refractivity (Wildman–Crippen MR) is 124 cm³/mol. The van der Waals surface area contributed by atoms with Crippen molar-refractivity contribution < 1.29 is 9.59 Å². The van der Waals surface area contributed by atoms with Crippen molar-refractivity contribution in [3.8, 4) is 5.69 Å². The summed E-state index contributed by atoms with van der Waals surface area (Å²) in [6, 6.07) is 21.0. The lowest BCUT2D eigenvalue weighted by molar-refractivity contribution is -0.115. The Balaban J connectivity index is 1.33. The number of hydrogen-bond acceptors (Lipinski definition) is 3. The fourth-order valence-electron chi connectivity index (χ4n) is 3.93. The van der Waals surface area contributed by atoms with Gasteiger partial charge in [0.05, 0.1) is 24.3 Å². The number of aromatic nitrogens is 1. The van der Waals surface area contributed by atoms with E-state index in [1.807, 2.05) is 61.0 Å². The molecule has 0 spiro atoms. The number of anilines is 2. The Morgan fingerprint density at radius 2 is 1.74 bits per heavy atom. The highest BCUT2D eigenvalue weighted by Gasteiger charge is 2.26. The molecule has 0 fully saturated rings. The molecule has 2 aromatic heterocycles. The van der Waals surface area contributed by atoms with E-state index in [9.17, 15) is 9.59 Å². The summed E-state index contributed by atoms with van der Waals surface area (Å²) in [5.41, 5.74) is 5.26. The van der Waals surface area contributed by atoms with Crippen LogP contribution >= 0.6 is 11.3 Å². The summed E-state index contributed by atoms with van der Waals surface area (Å²) in [6.07, 6.45) is 2.37. The molecule has 31 heavy (non-hydrogen) atoms. The van der Waals surface area contributed by atoms with Gasteiger partial charge in [0.1, 0.15) is 0 Å². The normalized spacial score (nSPS) is 12.2. The summed E-state index contributed by atoms with van der Waals surface area (Å²) in [5, 5.41) is 4.91. The van der Waals surface area contributed by atoms with E-state index < -0.39 is 0 Å². The summed E-state index contributed by atoms with van der Waals surface area (Å²) in [4.78, 5) is 28.6. The van der Waals surface area contributed by atoms with Gasteiger partial charge >= 0.3 is 0 Å². The number of para-hydroxylation sites is 2. The molecule has 1 N–H and O–H groups in total. The Hall–Kier alpha value is -3.64. The molecule has 2 amide bonds. The van der Waals surface area contributed by atoms with Crippen molar-refractivity contribution in [3.05, 3.63) is 100 Å². The number of nitrogens with one attached hydrogen (secondary N) is 1. The third kappa shape index (κ3) is 3.66. The van der Waals surface area contributed by atoms with Gasteiger partial charge in [-0.15, -0.1) is 11.3 Å². The van der Waals surface area contributed by atoms with Crippen LogP contribution < -0.4 is 10.2 Å². The maximum Gasteiger partial charge on any atom is 0.258 e. The number of nitrogens with zero attached hydrogens (tertiary/aromatic N) is 2. The van der Waals surface area contributed by atoms with Crippen LogP contribution in [0.2, 0.25) is 0 Å². The highest BCUT2D eigenvalue weighted by molar-refractivity contribution is 7.10. The van der Waals surface area contributed by atoms with Crippen LogP contribution in [-0.4, -0.2) is 16.4 Å². The summed E-state index contributed by atoms with van der Waals surface area (Å²) in [5.74, 6) is -0.127. The van der Waals surface area contributed by atoms with E-state index in [1.54, 1.807) is 40.5 Å². The van der Waals surface area contributed by atoms with Crippen molar-refractivity contribution in [2.45, 2.75) is 19.9 Å². The van der Waals surface area contributed by atoms with Crippen molar-refractivity contribution in [2.24, 2.45) is 0 Å². The average Bonchev–Trinajstić information content (AvgIpc) is 3.42. The molecular formula is C25H21N3O2S. The van der Waals surface area contributed by atoms with Crippen LogP contribution in [0.1, 0.15) is 26.5 Å². The Labute approximate surface area is 184 Å². The Bertz CT molecular complexity index is 1270. The monoisotopic (exact) mass is 427 g/mol. The molecular weight excluding hydrogens is 406 g/mol. The number of thiophene rings is 1. The molecule has 0 saturated heterocycles. The standard InChI is InChI=1S/C25H21N3O2S/c1-17-19(12-14-31-17)15-24(29)26-20-10-8-18(9-11-20)25(30)28-16-21-5-4-13-27(21)22-6-2-3-7-23(22)28/h2-14H,15-16H2,1H3,(H,26,29). The minimum Gasteiger partial charge on any atom is -0.326 e. The first kappa shape index (κ1) is 19.3. The molecule has 4 aromatic rings. The topological polar surface area (TPSA) is 54.3 Å². The molecule has 0 bridgehead atoms. The van der Waals surface area contributed by atoms with E-state index in [-0.39, 0.29) is 11.8 Å². The summed E-state index contributed by atoms with van der Waals surface area (Å²) < 4.78 is 2.12. The maximum atomic E-state index is 13.3. The molecule has 0 radical (unpaired) electrons. The van der Waals surface area contributed by atoms with Crippen LogP contribution in [0.15, 0.2) is 78.3 Å². The summed E-state index contributed by atoms with van der Waals surface area (Å²) in [6.45, 7) is 2.53. The lowest BCUT2D eigenvalue weighted by Gasteiger charge is -2.31. The van der Waals surface area contributed by atoms with Gasteiger partial charge in [-0.3, -0.25) is 9.59 Å². The molecule has 3 heterocycles. The van der Waals surface area contributed by atoms with Gasteiger partial charge in [0.25, 0.3) is 5.91 Å².